The highest BCUT2D eigenvalue weighted by Gasteiger charge is 2.22. The van der Waals surface area contributed by atoms with Gasteiger partial charge in [-0.3, -0.25) is 15.2 Å². The van der Waals surface area contributed by atoms with Crippen LogP contribution in [0.25, 0.3) is 11.2 Å². The Morgan fingerprint density at radius 2 is 2.00 bits per heavy atom. The summed E-state index contributed by atoms with van der Waals surface area (Å²) in [4.78, 5) is 25.5. The Bertz CT molecular complexity index is 1330. The van der Waals surface area contributed by atoms with Crippen LogP contribution in [0.5, 0.6) is 0 Å². The molecule has 4 aromatic rings. The monoisotopic (exact) mass is 453 g/mol. The van der Waals surface area contributed by atoms with E-state index in [1.807, 2.05) is 0 Å². The van der Waals surface area contributed by atoms with Crippen LogP contribution >= 0.6 is 12.3 Å². The molecule has 0 fully saturated rings. The van der Waals surface area contributed by atoms with Crippen LogP contribution in [0.15, 0.2) is 55.1 Å². The van der Waals surface area contributed by atoms with Crippen LogP contribution in [0.4, 0.5) is 14.0 Å². The van der Waals surface area contributed by atoms with Gasteiger partial charge < -0.3 is 11.1 Å². The molecule has 1 unspecified atom stereocenters. The van der Waals surface area contributed by atoms with Gasteiger partial charge in [0.15, 0.2) is 18.0 Å². The molecule has 3 aromatic heterocycles. The number of rotatable bonds is 6. The number of nitrogens with zero attached hydrogens (tertiary/aromatic N) is 4. The lowest BCUT2D eigenvalue weighted by Gasteiger charge is -2.13. The molecule has 1 aromatic carbocycles. The third kappa shape index (κ3) is 4.02. The Balaban J connectivity index is 1.71. The van der Waals surface area contributed by atoms with Crippen molar-refractivity contribution in [3.05, 3.63) is 83.3 Å². The summed E-state index contributed by atoms with van der Waals surface area (Å²) >= 11 is -0.123. The highest BCUT2D eigenvalue weighted by Crippen LogP contribution is 2.25. The largest absolute Gasteiger partial charge is 0.398 e. The van der Waals surface area contributed by atoms with E-state index in [-0.39, 0.29) is 57.8 Å². The summed E-state index contributed by atoms with van der Waals surface area (Å²) in [6.45, 7) is 1.81. The van der Waals surface area contributed by atoms with E-state index in [1.54, 1.807) is 31.5 Å². The maximum Gasteiger partial charge on any atom is 0.255 e. The number of hydrogen-bond acceptors (Lipinski definition) is 7. The molecule has 0 saturated heterocycles. The maximum absolute atomic E-state index is 13.5. The van der Waals surface area contributed by atoms with E-state index in [0.717, 1.165) is 15.6 Å². The van der Waals surface area contributed by atoms with Gasteiger partial charge in [0.1, 0.15) is 17.0 Å². The number of anilines is 1. The zero-order valence-corrected chi connectivity index (χ0v) is 17.5. The number of nitrogen functional groups attached to an aromatic ring is 1. The van der Waals surface area contributed by atoms with Gasteiger partial charge in [-0.25, -0.2) is 18.3 Å². The molecule has 4 rings (SSSR count). The first-order valence-corrected chi connectivity index (χ1v) is 10.1. The van der Waals surface area contributed by atoms with E-state index in [4.69, 9.17) is 11.1 Å². The lowest BCUT2D eigenvalue weighted by atomic mass is 10.1. The van der Waals surface area contributed by atoms with Gasteiger partial charge in [0, 0.05) is 29.8 Å². The number of hydrogen-bond donors (Lipinski definition) is 3. The standard InChI is InChI=1S/C21H17F2N7OS/c1-11(12-4-6-26-7-5-12)28-21(31)15-10-30(32-23)20-19(15)29-17(9-27-20)18(25)14-3-2-13(22)8-16(14)24/h2-11,25H,24H2,1H3,(H,28,31). The molecule has 0 radical (unpaired) electrons. The number of amides is 1. The Kier molecular flexibility index (Phi) is 5.82. The zero-order chi connectivity index (χ0) is 22.8. The first kappa shape index (κ1) is 21.4. The van der Waals surface area contributed by atoms with E-state index < -0.39 is 11.7 Å². The summed E-state index contributed by atoms with van der Waals surface area (Å²) in [6, 6.07) is 6.87. The molecule has 1 amide bonds. The first-order valence-electron chi connectivity index (χ1n) is 9.41. The van der Waals surface area contributed by atoms with Crippen molar-refractivity contribution in [2.24, 2.45) is 0 Å². The van der Waals surface area contributed by atoms with E-state index in [9.17, 15) is 13.1 Å². The number of aromatic nitrogens is 4. The number of pyridine rings is 1. The third-order valence-electron chi connectivity index (χ3n) is 4.88. The third-order valence-corrected chi connectivity index (χ3v) is 5.30. The van der Waals surface area contributed by atoms with Crippen molar-refractivity contribution in [3.63, 3.8) is 0 Å². The molecular formula is C21H17F2N7OS. The number of nitrogens with one attached hydrogen (secondary N) is 2. The predicted octanol–water partition coefficient (Wildman–Crippen LogP) is 3.84. The quantitative estimate of drug-likeness (QED) is 0.301. The molecule has 0 aliphatic rings. The number of benzene rings is 1. The highest BCUT2D eigenvalue weighted by atomic mass is 32.2. The van der Waals surface area contributed by atoms with Crippen molar-refractivity contribution in [2.75, 3.05) is 5.73 Å². The molecule has 0 bridgehead atoms. The minimum Gasteiger partial charge on any atom is -0.398 e. The summed E-state index contributed by atoms with van der Waals surface area (Å²) in [5.41, 5.74) is 7.35. The SMILES string of the molecule is CC(NC(=O)c1cn(SF)c2ncc(C(=N)c3ccc(F)cc3N)nc12)c1ccncc1. The molecule has 1 atom stereocenters. The van der Waals surface area contributed by atoms with Crippen LogP contribution in [0.2, 0.25) is 0 Å². The topological polar surface area (TPSA) is 123 Å². The smallest absolute Gasteiger partial charge is 0.255 e. The van der Waals surface area contributed by atoms with Crippen molar-refractivity contribution in [1.82, 2.24) is 24.2 Å². The van der Waals surface area contributed by atoms with Gasteiger partial charge in [0.05, 0.1) is 23.5 Å². The average Bonchev–Trinajstić information content (AvgIpc) is 3.17. The van der Waals surface area contributed by atoms with Crippen molar-refractivity contribution in [3.8, 4) is 0 Å². The lowest BCUT2D eigenvalue weighted by Crippen LogP contribution is -2.26. The number of halogens is 2. The van der Waals surface area contributed by atoms with Crippen molar-refractivity contribution < 1.29 is 13.1 Å². The zero-order valence-electron chi connectivity index (χ0n) is 16.7. The first-order chi connectivity index (χ1) is 15.4. The van der Waals surface area contributed by atoms with Gasteiger partial charge in [-0.1, -0.05) is 0 Å². The normalized spacial score (nSPS) is 12.0. The fourth-order valence-electron chi connectivity index (χ4n) is 3.21. The molecule has 4 N–H and O–H groups in total. The van der Waals surface area contributed by atoms with Gasteiger partial charge >= 0.3 is 0 Å². The number of carbonyl (C=O) groups is 1. The van der Waals surface area contributed by atoms with E-state index in [1.165, 1.54) is 24.5 Å². The Morgan fingerprint density at radius 1 is 1.25 bits per heavy atom. The Labute approximate surface area is 185 Å². The minimum absolute atomic E-state index is 0.0675. The van der Waals surface area contributed by atoms with Crippen LogP contribution in [0, 0.1) is 11.2 Å². The number of fused-ring (bicyclic) bond motifs is 1. The van der Waals surface area contributed by atoms with Gasteiger partial charge in [-0.15, -0.1) is 3.89 Å². The van der Waals surface area contributed by atoms with Crippen molar-refractivity contribution in [1.29, 1.82) is 5.41 Å². The van der Waals surface area contributed by atoms with Gasteiger partial charge in [0.2, 0.25) is 0 Å². The van der Waals surface area contributed by atoms with Gasteiger partial charge in [-0.05, 0) is 42.8 Å². The minimum atomic E-state index is -0.528. The highest BCUT2D eigenvalue weighted by molar-refractivity contribution is 7.92. The fraction of sp³-hybridized carbons (Fsp3) is 0.0952. The molecule has 0 aliphatic carbocycles. The average molecular weight is 453 g/mol. The second-order valence-corrected chi connectivity index (χ2v) is 7.48. The number of nitrogens with two attached hydrogens (primary N) is 1. The lowest BCUT2D eigenvalue weighted by molar-refractivity contribution is 0.0941. The summed E-state index contributed by atoms with van der Waals surface area (Å²) in [5, 5.41) is 11.3. The second kappa shape index (κ2) is 8.71. The van der Waals surface area contributed by atoms with Crippen molar-refractivity contribution >= 4 is 40.8 Å². The predicted molar refractivity (Wildman–Crippen MR) is 118 cm³/mol. The van der Waals surface area contributed by atoms with Crippen molar-refractivity contribution in [2.45, 2.75) is 13.0 Å². The molecule has 0 saturated carbocycles. The molecule has 11 heteroatoms. The molecule has 0 spiro atoms. The summed E-state index contributed by atoms with van der Waals surface area (Å²) in [5.74, 6) is -1.01. The van der Waals surface area contributed by atoms with Crippen LogP contribution in [-0.4, -0.2) is 30.5 Å². The molecule has 3 heterocycles. The van der Waals surface area contributed by atoms with E-state index >= 15 is 0 Å². The Morgan fingerprint density at radius 3 is 2.69 bits per heavy atom. The van der Waals surface area contributed by atoms with Crippen LogP contribution in [-0.2, 0) is 0 Å². The molecular weight excluding hydrogens is 436 g/mol. The van der Waals surface area contributed by atoms with Crippen LogP contribution in [0.3, 0.4) is 0 Å². The van der Waals surface area contributed by atoms with E-state index in [2.05, 4.69) is 20.3 Å². The maximum atomic E-state index is 13.5. The van der Waals surface area contributed by atoms with Gasteiger partial charge in [-0.2, -0.15) is 0 Å². The second-order valence-electron chi connectivity index (χ2n) is 6.95. The summed E-state index contributed by atoms with van der Waals surface area (Å²) in [7, 11) is 0. The fourth-order valence-corrected chi connectivity index (χ4v) is 3.56. The van der Waals surface area contributed by atoms with Crippen LogP contribution in [0.1, 0.15) is 40.1 Å². The summed E-state index contributed by atoms with van der Waals surface area (Å²) < 4.78 is 27.9. The van der Waals surface area contributed by atoms with Gasteiger partial charge in [0.25, 0.3) is 5.91 Å². The van der Waals surface area contributed by atoms with Crippen LogP contribution < -0.4 is 11.1 Å². The molecule has 32 heavy (non-hydrogen) atoms. The number of carbonyl (C=O) groups excluding carboxylic acids is 1. The molecule has 0 aliphatic heterocycles. The molecule has 8 nitrogen and oxygen atoms in total. The summed E-state index contributed by atoms with van der Waals surface area (Å²) in [6.07, 6.45) is 5.81. The Hall–Kier alpha value is -3.86. The molecule has 162 valence electrons. The van der Waals surface area contributed by atoms with E-state index in [0.29, 0.717) is 0 Å².